The maximum atomic E-state index is 13.8. The Kier molecular flexibility index (Phi) is 4.58. The van der Waals surface area contributed by atoms with Crippen LogP contribution in [0.5, 0.6) is 0 Å². The van der Waals surface area contributed by atoms with Gasteiger partial charge in [-0.05, 0) is 65.1 Å². The monoisotopic (exact) mass is 440 g/mol. The lowest BCUT2D eigenvalue weighted by atomic mass is 10.2. The van der Waals surface area contributed by atoms with Crippen molar-refractivity contribution in [1.29, 1.82) is 0 Å². The second-order valence-electron chi connectivity index (χ2n) is 4.68. The predicted octanol–water partition coefficient (Wildman–Crippen LogP) is 4.30. The maximum Gasteiger partial charge on any atom is 0.293 e. The summed E-state index contributed by atoms with van der Waals surface area (Å²) in [5.41, 5.74) is 0.806. The number of carbonyl (C=O) groups excluding carboxylic acids is 1. The molecular weight excluding hydrogens is 430 g/mol. The van der Waals surface area contributed by atoms with Gasteiger partial charge < -0.3 is 9.73 Å². The first kappa shape index (κ1) is 15.9. The molecule has 0 fully saturated rings. The van der Waals surface area contributed by atoms with Crippen LogP contribution in [0, 0.1) is 9.39 Å². The molecule has 0 atom stereocenters. The van der Waals surface area contributed by atoms with Crippen LogP contribution in [-0.2, 0) is 0 Å². The molecule has 2 N–H and O–H groups in total. The third kappa shape index (κ3) is 3.67. The van der Waals surface area contributed by atoms with E-state index in [9.17, 15) is 9.18 Å². The van der Waals surface area contributed by atoms with Crippen molar-refractivity contribution in [1.82, 2.24) is 5.32 Å². The fraction of sp³-hybridized carbons (Fsp3) is 0. The number of benzene rings is 2. The summed E-state index contributed by atoms with van der Waals surface area (Å²) in [5.74, 6) is -0.805. The number of nitrogens with one attached hydrogen (secondary N) is 2. The topological polar surface area (TPSA) is 54.3 Å². The molecule has 4 nitrogen and oxygen atoms in total. The minimum atomic E-state index is -0.496. The van der Waals surface area contributed by atoms with E-state index in [0.717, 1.165) is 8.96 Å². The van der Waals surface area contributed by atoms with Crippen molar-refractivity contribution in [2.24, 2.45) is 0 Å². The molecule has 0 aliphatic carbocycles. The van der Waals surface area contributed by atoms with Gasteiger partial charge >= 0.3 is 0 Å². The fourth-order valence-corrected chi connectivity index (χ4v) is 2.66. The van der Waals surface area contributed by atoms with E-state index in [4.69, 9.17) is 16.6 Å². The third-order valence-corrected chi connectivity index (χ3v) is 3.93. The zero-order chi connectivity index (χ0) is 16.4. The zero-order valence-corrected chi connectivity index (χ0v) is 14.6. The van der Waals surface area contributed by atoms with Gasteiger partial charge in [-0.15, -0.1) is 0 Å². The largest absolute Gasteiger partial charge is 0.451 e. The highest BCUT2D eigenvalue weighted by Gasteiger charge is 2.14. The molecule has 1 amide bonds. The molecule has 1 heterocycles. The van der Waals surface area contributed by atoms with Crippen LogP contribution in [0.4, 0.5) is 10.1 Å². The molecule has 0 aliphatic rings. The van der Waals surface area contributed by atoms with Crippen molar-refractivity contribution < 1.29 is 13.6 Å². The van der Waals surface area contributed by atoms with Gasteiger partial charge in [0, 0.05) is 8.96 Å². The number of fused-ring (bicyclic) bond motifs is 1. The van der Waals surface area contributed by atoms with Crippen LogP contribution in [0.25, 0.3) is 11.0 Å². The van der Waals surface area contributed by atoms with Gasteiger partial charge in [-0.1, -0.05) is 18.2 Å². The number of furan rings is 1. The Bertz CT molecular complexity index is 877. The van der Waals surface area contributed by atoms with Gasteiger partial charge in [0.15, 0.2) is 10.9 Å². The van der Waals surface area contributed by atoms with E-state index in [1.54, 1.807) is 24.3 Å². The Hall–Kier alpha value is -2.00. The third-order valence-electron chi connectivity index (χ3n) is 3.06. The van der Waals surface area contributed by atoms with Gasteiger partial charge in [0.1, 0.15) is 11.4 Å². The van der Waals surface area contributed by atoms with Crippen LogP contribution >= 0.6 is 34.8 Å². The average molecular weight is 440 g/mol. The second-order valence-corrected chi connectivity index (χ2v) is 6.33. The number of halogens is 2. The smallest absolute Gasteiger partial charge is 0.293 e. The van der Waals surface area contributed by atoms with Crippen molar-refractivity contribution in [3.05, 3.63) is 63.7 Å². The number of rotatable bonds is 2. The molecule has 0 unspecified atom stereocenters. The van der Waals surface area contributed by atoms with Gasteiger partial charge in [-0.25, -0.2) is 4.39 Å². The Balaban J connectivity index is 1.70. The standard InChI is InChI=1S/C16H10FIN2O2S/c17-11-8-10(18)5-6-12(11)19-16(23)20-15(21)14-7-9-3-1-2-4-13(9)22-14/h1-8H,(H2,19,20,21,23). The number of anilines is 1. The van der Waals surface area contributed by atoms with Gasteiger partial charge in [-0.2, -0.15) is 0 Å². The number of thiocarbonyl (C=S) groups is 1. The lowest BCUT2D eigenvalue weighted by molar-refractivity contribution is 0.0953. The summed E-state index contributed by atoms with van der Waals surface area (Å²) in [7, 11) is 0. The molecule has 3 rings (SSSR count). The molecule has 116 valence electrons. The van der Waals surface area contributed by atoms with Crippen LogP contribution in [0.1, 0.15) is 10.6 Å². The lowest BCUT2D eigenvalue weighted by Crippen LogP contribution is -2.34. The quantitative estimate of drug-likeness (QED) is 0.461. The first-order valence-corrected chi connectivity index (χ1v) is 8.07. The summed E-state index contributed by atoms with van der Waals surface area (Å²) in [5, 5.41) is 5.93. The highest BCUT2D eigenvalue weighted by molar-refractivity contribution is 14.1. The maximum absolute atomic E-state index is 13.8. The molecule has 0 spiro atoms. The van der Waals surface area contributed by atoms with Crippen molar-refractivity contribution in [3.8, 4) is 0 Å². The normalized spacial score (nSPS) is 10.5. The van der Waals surface area contributed by atoms with Crippen LogP contribution < -0.4 is 10.6 Å². The predicted molar refractivity (Wildman–Crippen MR) is 99.0 cm³/mol. The molecule has 0 bridgehead atoms. The van der Waals surface area contributed by atoms with E-state index in [2.05, 4.69) is 10.6 Å². The number of hydrogen-bond donors (Lipinski definition) is 2. The first-order chi connectivity index (χ1) is 11.0. The summed E-state index contributed by atoms with van der Waals surface area (Å²) in [6.45, 7) is 0. The molecular formula is C16H10FIN2O2S. The SMILES string of the molecule is O=C(NC(=S)Nc1ccc(I)cc1F)c1cc2ccccc2o1. The Labute approximate surface area is 150 Å². The number of carbonyl (C=O) groups is 1. The minimum absolute atomic E-state index is 0.00411. The number of amides is 1. The molecule has 23 heavy (non-hydrogen) atoms. The average Bonchev–Trinajstić information content (AvgIpc) is 2.94. The van der Waals surface area contributed by atoms with Crippen molar-refractivity contribution in [2.45, 2.75) is 0 Å². The fourth-order valence-electron chi connectivity index (χ4n) is 2.00. The Morgan fingerprint density at radius 3 is 2.70 bits per heavy atom. The molecule has 0 saturated heterocycles. The molecule has 0 radical (unpaired) electrons. The van der Waals surface area contributed by atoms with Crippen LogP contribution in [-0.4, -0.2) is 11.0 Å². The first-order valence-electron chi connectivity index (χ1n) is 6.59. The second kappa shape index (κ2) is 6.63. The van der Waals surface area contributed by atoms with Gasteiger partial charge in [-0.3, -0.25) is 10.1 Å². The highest BCUT2D eigenvalue weighted by Crippen LogP contribution is 2.19. The van der Waals surface area contributed by atoms with E-state index >= 15 is 0 Å². The van der Waals surface area contributed by atoms with Gasteiger partial charge in [0.2, 0.25) is 0 Å². The number of hydrogen-bond acceptors (Lipinski definition) is 3. The van der Waals surface area contributed by atoms with Crippen molar-refractivity contribution in [3.63, 3.8) is 0 Å². The van der Waals surface area contributed by atoms with E-state index in [1.807, 2.05) is 40.8 Å². The zero-order valence-electron chi connectivity index (χ0n) is 11.6. The van der Waals surface area contributed by atoms with E-state index in [0.29, 0.717) is 5.58 Å². The van der Waals surface area contributed by atoms with Gasteiger partial charge in [0.05, 0.1) is 5.69 Å². The lowest BCUT2D eigenvalue weighted by Gasteiger charge is -2.09. The van der Waals surface area contributed by atoms with Crippen molar-refractivity contribution in [2.75, 3.05) is 5.32 Å². The van der Waals surface area contributed by atoms with Crippen LogP contribution in [0.2, 0.25) is 0 Å². The minimum Gasteiger partial charge on any atom is -0.451 e. The highest BCUT2D eigenvalue weighted by atomic mass is 127. The molecule has 0 saturated carbocycles. The van der Waals surface area contributed by atoms with E-state index in [1.165, 1.54) is 6.07 Å². The molecule has 2 aromatic carbocycles. The molecule has 7 heteroatoms. The van der Waals surface area contributed by atoms with Crippen molar-refractivity contribution >= 4 is 62.5 Å². The van der Waals surface area contributed by atoms with E-state index in [-0.39, 0.29) is 16.6 Å². The Morgan fingerprint density at radius 2 is 1.96 bits per heavy atom. The summed E-state index contributed by atoms with van der Waals surface area (Å²) in [6, 6.07) is 13.6. The summed E-state index contributed by atoms with van der Waals surface area (Å²) in [6.07, 6.45) is 0. The van der Waals surface area contributed by atoms with E-state index < -0.39 is 11.7 Å². The Morgan fingerprint density at radius 1 is 1.17 bits per heavy atom. The molecule has 0 aliphatic heterocycles. The van der Waals surface area contributed by atoms with Gasteiger partial charge in [0.25, 0.3) is 5.91 Å². The van der Waals surface area contributed by atoms with Crippen LogP contribution in [0.15, 0.2) is 52.9 Å². The summed E-state index contributed by atoms with van der Waals surface area (Å²) < 4.78 is 20.0. The summed E-state index contributed by atoms with van der Waals surface area (Å²) >= 11 is 7.04. The molecule has 1 aromatic heterocycles. The number of para-hydroxylation sites is 1. The molecule has 3 aromatic rings. The summed E-state index contributed by atoms with van der Waals surface area (Å²) in [4.78, 5) is 12.1. The van der Waals surface area contributed by atoms with Crippen LogP contribution in [0.3, 0.4) is 0 Å².